The Bertz CT molecular complexity index is 644. The maximum absolute atomic E-state index is 12.1. The summed E-state index contributed by atoms with van der Waals surface area (Å²) in [5.41, 5.74) is 1.16. The van der Waals surface area contributed by atoms with E-state index in [2.05, 4.69) is 41.2 Å². The van der Waals surface area contributed by atoms with Crippen LogP contribution in [-0.2, 0) is 13.0 Å². The first-order valence-electron chi connectivity index (χ1n) is 6.99. The molecule has 0 aromatic carbocycles. The van der Waals surface area contributed by atoms with Crippen LogP contribution in [0.3, 0.4) is 0 Å². The topological polar surface area (TPSA) is 84.2 Å². The fourth-order valence-corrected chi connectivity index (χ4v) is 2.57. The highest BCUT2D eigenvalue weighted by molar-refractivity contribution is 7.13. The minimum absolute atomic E-state index is 0.169. The number of hydrogen-bond donors (Lipinski definition) is 1. The van der Waals surface area contributed by atoms with Crippen molar-refractivity contribution in [3.05, 3.63) is 22.8 Å². The van der Waals surface area contributed by atoms with Gasteiger partial charge in [-0.3, -0.25) is 5.32 Å². The van der Waals surface area contributed by atoms with Gasteiger partial charge in [-0.2, -0.15) is 4.98 Å². The van der Waals surface area contributed by atoms with Crippen LogP contribution in [0, 0.1) is 12.3 Å². The summed E-state index contributed by atoms with van der Waals surface area (Å²) in [4.78, 5) is 22.1. The highest BCUT2D eigenvalue weighted by atomic mass is 32.1. The summed E-state index contributed by atoms with van der Waals surface area (Å²) < 4.78 is 4.88. The predicted molar refractivity (Wildman–Crippen MR) is 84.8 cm³/mol. The van der Waals surface area contributed by atoms with E-state index in [4.69, 9.17) is 4.52 Å². The van der Waals surface area contributed by atoms with Gasteiger partial charge in [-0.15, -0.1) is 11.3 Å². The van der Waals surface area contributed by atoms with Crippen molar-refractivity contribution in [2.24, 2.45) is 5.41 Å². The molecular formula is C14H21N5O2S. The highest BCUT2D eigenvalue weighted by Crippen LogP contribution is 2.24. The van der Waals surface area contributed by atoms with E-state index in [1.54, 1.807) is 14.0 Å². The standard InChI is InChI=1S/C14H21N5O2S/c1-9-15-11(18-21-9)7-19(5)13(20)17-12-16-10(8-22-12)6-14(2,3)4/h8H,6-7H2,1-5H3,(H,16,17,20). The minimum atomic E-state index is -0.251. The van der Waals surface area contributed by atoms with Gasteiger partial charge in [-0.1, -0.05) is 25.9 Å². The molecule has 0 aliphatic carbocycles. The summed E-state index contributed by atoms with van der Waals surface area (Å²) >= 11 is 1.43. The summed E-state index contributed by atoms with van der Waals surface area (Å²) in [5.74, 6) is 0.957. The highest BCUT2D eigenvalue weighted by Gasteiger charge is 2.16. The Morgan fingerprint density at radius 1 is 1.41 bits per heavy atom. The molecular weight excluding hydrogens is 302 g/mol. The first-order valence-corrected chi connectivity index (χ1v) is 7.86. The molecule has 0 bridgehead atoms. The second kappa shape index (κ2) is 6.43. The number of amides is 2. The van der Waals surface area contributed by atoms with Crippen molar-refractivity contribution in [1.82, 2.24) is 20.0 Å². The van der Waals surface area contributed by atoms with E-state index in [0.29, 0.717) is 16.8 Å². The first-order chi connectivity index (χ1) is 10.2. The molecule has 0 fully saturated rings. The van der Waals surface area contributed by atoms with Gasteiger partial charge in [0.15, 0.2) is 11.0 Å². The molecule has 0 atom stereocenters. The van der Waals surface area contributed by atoms with Crippen LogP contribution in [0.2, 0.25) is 0 Å². The van der Waals surface area contributed by atoms with Crippen molar-refractivity contribution in [3.63, 3.8) is 0 Å². The van der Waals surface area contributed by atoms with E-state index in [1.165, 1.54) is 16.2 Å². The second-order valence-corrected chi connectivity index (χ2v) is 7.26. The molecule has 0 saturated carbocycles. The summed E-state index contributed by atoms with van der Waals surface area (Å²) in [6.45, 7) is 8.47. The molecule has 22 heavy (non-hydrogen) atoms. The molecule has 0 spiro atoms. The van der Waals surface area contributed by atoms with Crippen LogP contribution < -0.4 is 5.32 Å². The number of aryl methyl sites for hydroxylation is 1. The Labute approximate surface area is 133 Å². The zero-order valence-corrected chi connectivity index (χ0v) is 14.3. The fourth-order valence-electron chi connectivity index (χ4n) is 1.87. The average molecular weight is 323 g/mol. The van der Waals surface area contributed by atoms with Crippen LogP contribution in [0.25, 0.3) is 0 Å². The molecule has 120 valence electrons. The Morgan fingerprint density at radius 2 is 2.14 bits per heavy atom. The molecule has 2 heterocycles. The third-order valence-corrected chi connectivity index (χ3v) is 3.58. The van der Waals surface area contributed by atoms with Crippen LogP contribution in [0.5, 0.6) is 0 Å². The molecule has 0 aliphatic rings. The summed E-state index contributed by atoms with van der Waals surface area (Å²) in [6.07, 6.45) is 0.872. The normalized spacial score (nSPS) is 11.5. The van der Waals surface area contributed by atoms with Crippen molar-refractivity contribution >= 4 is 22.5 Å². The Hall–Kier alpha value is -1.96. The van der Waals surface area contributed by atoms with Gasteiger partial charge in [-0.05, 0) is 11.8 Å². The largest absolute Gasteiger partial charge is 0.340 e. The van der Waals surface area contributed by atoms with E-state index in [0.717, 1.165) is 12.1 Å². The number of hydrogen-bond acceptors (Lipinski definition) is 6. The van der Waals surface area contributed by atoms with Crippen molar-refractivity contribution in [1.29, 1.82) is 0 Å². The molecule has 0 radical (unpaired) electrons. The molecule has 8 heteroatoms. The first kappa shape index (κ1) is 16.4. The molecule has 2 aromatic heterocycles. The lowest BCUT2D eigenvalue weighted by atomic mass is 9.91. The number of thiazole rings is 1. The zero-order valence-electron chi connectivity index (χ0n) is 13.5. The van der Waals surface area contributed by atoms with Crippen LogP contribution in [0.4, 0.5) is 9.93 Å². The number of nitrogens with one attached hydrogen (secondary N) is 1. The number of rotatable bonds is 4. The second-order valence-electron chi connectivity index (χ2n) is 6.40. The number of carbonyl (C=O) groups excluding carboxylic acids is 1. The quantitative estimate of drug-likeness (QED) is 0.934. The monoisotopic (exact) mass is 323 g/mol. The van der Waals surface area contributed by atoms with Gasteiger partial charge in [0.2, 0.25) is 5.89 Å². The van der Waals surface area contributed by atoms with Crippen LogP contribution >= 0.6 is 11.3 Å². The van der Waals surface area contributed by atoms with Gasteiger partial charge < -0.3 is 9.42 Å². The molecule has 2 aromatic rings. The third kappa shape index (κ3) is 4.80. The SMILES string of the molecule is Cc1nc(CN(C)C(=O)Nc2nc(CC(C)(C)C)cs2)no1. The number of aromatic nitrogens is 3. The fraction of sp³-hybridized carbons (Fsp3) is 0.571. The number of anilines is 1. The van der Waals surface area contributed by atoms with Crippen molar-refractivity contribution in [2.75, 3.05) is 12.4 Å². The molecule has 1 N–H and O–H groups in total. The lowest BCUT2D eigenvalue weighted by molar-refractivity contribution is 0.219. The van der Waals surface area contributed by atoms with Gasteiger partial charge in [0.05, 0.1) is 12.2 Å². The van der Waals surface area contributed by atoms with Crippen molar-refractivity contribution < 1.29 is 9.32 Å². The van der Waals surface area contributed by atoms with E-state index in [1.807, 2.05) is 5.38 Å². The Balaban J connectivity index is 1.91. The van der Waals surface area contributed by atoms with E-state index >= 15 is 0 Å². The zero-order chi connectivity index (χ0) is 16.3. The molecule has 0 unspecified atom stereocenters. The van der Waals surface area contributed by atoms with Gasteiger partial charge in [0.25, 0.3) is 0 Å². The van der Waals surface area contributed by atoms with E-state index in [9.17, 15) is 4.79 Å². The summed E-state index contributed by atoms with van der Waals surface area (Å²) in [7, 11) is 1.67. The predicted octanol–water partition coefficient (Wildman–Crippen LogP) is 3.09. The third-order valence-electron chi connectivity index (χ3n) is 2.77. The Kier molecular flexibility index (Phi) is 4.80. The molecule has 0 aliphatic heterocycles. The van der Waals surface area contributed by atoms with Gasteiger partial charge in [-0.25, -0.2) is 9.78 Å². The molecule has 7 nitrogen and oxygen atoms in total. The van der Waals surface area contributed by atoms with Crippen molar-refractivity contribution in [2.45, 2.75) is 40.7 Å². The van der Waals surface area contributed by atoms with Gasteiger partial charge in [0.1, 0.15) is 0 Å². The summed E-state index contributed by atoms with van der Waals surface area (Å²) in [6, 6.07) is -0.251. The number of urea groups is 1. The van der Waals surface area contributed by atoms with Gasteiger partial charge in [0, 0.05) is 19.4 Å². The maximum atomic E-state index is 12.1. The smallest absolute Gasteiger partial charge is 0.323 e. The van der Waals surface area contributed by atoms with Crippen molar-refractivity contribution in [3.8, 4) is 0 Å². The maximum Gasteiger partial charge on any atom is 0.323 e. The van der Waals surface area contributed by atoms with Crippen LogP contribution in [-0.4, -0.2) is 33.1 Å². The molecule has 0 saturated heterocycles. The molecule has 2 rings (SSSR count). The Morgan fingerprint density at radius 3 is 2.73 bits per heavy atom. The van der Waals surface area contributed by atoms with E-state index < -0.39 is 0 Å². The van der Waals surface area contributed by atoms with Crippen LogP contribution in [0.15, 0.2) is 9.90 Å². The number of nitrogens with zero attached hydrogens (tertiary/aromatic N) is 4. The lowest BCUT2D eigenvalue weighted by Crippen LogP contribution is -2.31. The molecule has 2 amide bonds. The summed E-state index contributed by atoms with van der Waals surface area (Å²) in [5, 5.41) is 9.13. The average Bonchev–Trinajstić information content (AvgIpc) is 2.97. The lowest BCUT2D eigenvalue weighted by Gasteiger charge is -2.16. The van der Waals surface area contributed by atoms with Gasteiger partial charge >= 0.3 is 6.03 Å². The minimum Gasteiger partial charge on any atom is -0.340 e. The van der Waals surface area contributed by atoms with E-state index in [-0.39, 0.29) is 18.0 Å². The van der Waals surface area contributed by atoms with Crippen LogP contribution in [0.1, 0.15) is 38.2 Å². The number of carbonyl (C=O) groups is 1.